The smallest absolute Gasteiger partial charge is 0.240 e. The average Bonchev–Trinajstić information content (AvgIpc) is 3.02. The number of sulfonamides is 1. The Bertz CT molecular complexity index is 594. The highest BCUT2D eigenvalue weighted by Gasteiger charge is 2.45. The van der Waals surface area contributed by atoms with E-state index < -0.39 is 10.0 Å². The third kappa shape index (κ3) is 4.53. The summed E-state index contributed by atoms with van der Waals surface area (Å²) in [6.07, 6.45) is 1.09. The number of rotatable bonds is 7. The highest BCUT2D eigenvalue weighted by molar-refractivity contribution is 7.89. The molecular weight excluding hydrogens is 284 g/mol. The highest BCUT2D eigenvalue weighted by atomic mass is 32.2. The summed E-state index contributed by atoms with van der Waals surface area (Å²) < 4.78 is 27.4. The first-order chi connectivity index (χ1) is 9.71. The van der Waals surface area contributed by atoms with Crippen LogP contribution in [-0.2, 0) is 16.6 Å². The van der Waals surface area contributed by atoms with E-state index in [0.717, 1.165) is 12.0 Å². The van der Waals surface area contributed by atoms with E-state index in [1.807, 2.05) is 6.07 Å². The Morgan fingerprint density at radius 3 is 2.57 bits per heavy atom. The topological polar surface area (TPSA) is 58.2 Å². The molecule has 0 spiro atoms. The lowest BCUT2D eigenvalue weighted by molar-refractivity contribution is 0.537. The lowest BCUT2D eigenvalue weighted by Gasteiger charge is -2.11. The van der Waals surface area contributed by atoms with Crippen LogP contribution >= 0.6 is 0 Å². The third-order valence-corrected chi connectivity index (χ3v) is 5.58. The van der Waals surface area contributed by atoms with Crippen molar-refractivity contribution in [3.8, 4) is 0 Å². The molecule has 1 aliphatic rings. The average molecular weight is 310 g/mol. The van der Waals surface area contributed by atoms with Crippen LogP contribution in [0.15, 0.2) is 29.2 Å². The van der Waals surface area contributed by atoms with Crippen molar-refractivity contribution < 1.29 is 8.42 Å². The van der Waals surface area contributed by atoms with Crippen LogP contribution < -0.4 is 10.0 Å². The SMILES string of the molecule is CC(C)NCc1cccc(S(=O)(=O)NCC2CC2(C)C)c1. The Labute approximate surface area is 128 Å². The monoisotopic (exact) mass is 310 g/mol. The van der Waals surface area contributed by atoms with Crippen LogP contribution in [0.5, 0.6) is 0 Å². The van der Waals surface area contributed by atoms with Crippen molar-refractivity contribution in [3.05, 3.63) is 29.8 Å². The first-order valence-electron chi connectivity index (χ1n) is 7.53. The zero-order chi connectivity index (χ0) is 15.7. The van der Waals surface area contributed by atoms with Gasteiger partial charge in [0, 0.05) is 19.1 Å². The zero-order valence-electron chi connectivity index (χ0n) is 13.3. The second-order valence-electron chi connectivity index (χ2n) is 6.92. The Kier molecular flexibility index (Phi) is 4.76. The van der Waals surface area contributed by atoms with Gasteiger partial charge in [-0.05, 0) is 35.4 Å². The molecule has 0 amide bonds. The van der Waals surface area contributed by atoms with Gasteiger partial charge in [-0.15, -0.1) is 0 Å². The normalized spacial score (nSPS) is 20.7. The summed E-state index contributed by atoms with van der Waals surface area (Å²) >= 11 is 0. The maximum atomic E-state index is 12.3. The predicted octanol–water partition coefficient (Wildman–Crippen LogP) is 2.51. The summed E-state index contributed by atoms with van der Waals surface area (Å²) in [4.78, 5) is 0.351. The summed E-state index contributed by atoms with van der Waals surface area (Å²) in [7, 11) is -3.40. The number of hydrogen-bond donors (Lipinski definition) is 2. The molecule has 0 aromatic heterocycles. The molecule has 0 aliphatic heterocycles. The van der Waals surface area contributed by atoms with Crippen LogP contribution in [0.3, 0.4) is 0 Å². The molecule has 1 aromatic carbocycles. The Hall–Kier alpha value is -0.910. The van der Waals surface area contributed by atoms with Gasteiger partial charge >= 0.3 is 0 Å². The van der Waals surface area contributed by atoms with Crippen LogP contribution in [0.25, 0.3) is 0 Å². The third-order valence-electron chi connectivity index (χ3n) is 4.16. The van der Waals surface area contributed by atoms with Gasteiger partial charge in [-0.1, -0.05) is 39.8 Å². The highest BCUT2D eigenvalue weighted by Crippen LogP contribution is 2.51. The van der Waals surface area contributed by atoms with Gasteiger partial charge in [0.25, 0.3) is 0 Å². The van der Waals surface area contributed by atoms with Crippen LogP contribution in [0.1, 0.15) is 39.7 Å². The molecule has 2 N–H and O–H groups in total. The van der Waals surface area contributed by atoms with Crippen molar-refractivity contribution in [2.75, 3.05) is 6.54 Å². The second kappa shape index (κ2) is 6.07. The van der Waals surface area contributed by atoms with E-state index in [4.69, 9.17) is 0 Å². The van der Waals surface area contributed by atoms with Gasteiger partial charge in [-0.2, -0.15) is 0 Å². The second-order valence-corrected chi connectivity index (χ2v) is 8.69. The first-order valence-corrected chi connectivity index (χ1v) is 9.01. The lowest BCUT2D eigenvalue weighted by Crippen LogP contribution is -2.27. The minimum Gasteiger partial charge on any atom is -0.310 e. The number of hydrogen-bond acceptors (Lipinski definition) is 3. The first kappa shape index (κ1) is 16.5. The van der Waals surface area contributed by atoms with Crippen LogP contribution in [0, 0.1) is 11.3 Å². The van der Waals surface area contributed by atoms with Crippen LogP contribution in [0.2, 0.25) is 0 Å². The molecule has 0 bridgehead atoms. The largest absolute Gasteiger partial charge is 0.310 e. The zero-order valence-corrected chi connectivity index (χ0v) is 14.1. The van der Waals surface area contributed by atoms with Gasteiger partial charge in [-0.3, -0.25) is 0 Å². The van der Waals surface area contributed by atoms with Gasteiger partial charge in [0.05, 0.1) is 4.90 Å². The molecule has 1 atom stereocenters. The summed E-state index contributed by atoms with van der Waals surface area (Å²) in [5.74, 6) is 0.457. The van der Waals surface area contributed by atoms with Crippen molar-refractivity contribution in [3.63, 3.8) is 0 Å². The standard InChI is InChI=1S/C16H26N2O2S/c1-12(2)17-10-13-6-5-7-15(8-13)21(19,20)18-11-14-9-16(14,3)4/h5-8,12,14,17-18H,9-11H2,1-4H3. The van der Waals surface area contributed by atoms with E-state index in [0.29, 0.717) is 29.9 Å². The van der Waals surface area contributed by atoms with E-state index in [1.54, 1.807) is 18.2 Å². The van der Waals surface area contributed by atoms with Gasteiger partial charge < -0.3 is 5.32 Å². The summed E-state index contributed by atoms with van der Waals surface area (Å²) in [6.45, 7) is 9.69. The van der Waals surface area contributed by atoms with Gasteiger partial charge in [0.2, 0.25) is 10.0 Å². The quantitative estimate of drug-likeness (QED) is 0.813. The molecule has 1 saturated carbocycles. The molecule has 4 nitrogen and oxygen atoms in total. The number of benzene rings is 1. The number of nitrogens with one attached hydrogen (secondary N) is 2. The molecule has 1 aromatic rings. The fourth-order valence-corrected chi connectivity index (χ4v) is 3.51. The van der Waals surface area contributed by atoms with E-state index in [-0.39, 0.29) is 5.41 Å². The van der Waals surface area contributed by atoms with Crippen LogP contribution in [-0.4, -0.2) is 21.0 Å². The molecular formula is C16H26N2O2S. The fourth-order valence-electron chi connectivity index (χ4n) is 2.36. The maximum absolute atomic E-state index is 12.3. The van der Waals surface area contributed by atoms with Gasteiger partial charge in [0.15, 0.2) is 0 Å². The maximum Gasteiger partial charge on any atom is 0.240 e. The van der Waals surface area contributed by atoms with E-state index in [2.05, 4.69) is 37.7 Å². The fraction of sp³-hybridized carbons (Fsp3) is 0.625. The molecule has 0 radical (unpaired) electrons. The van der Waals surface area contributed by atoms with E-state index in [9.17, 15) is 8.42 Å². The van der Waals surface area contributed by atoms with Crippen molar-refractivity contribution in [1.82, 2.24) is 10.0 Å². The molecule has 0 saturated heterocycles. The van der Waals surface area contributed by atoms with E-state index >= 15 is 0 Å². The summed E-state index contributed by atoms with van der Waals surface area (Å²) in [5, 5.41) is 3.30. The molecule has 1 fully saturated rings. The summed E-state index contributed by atoms with van der Waals surface area (Å²) in [6, 6.07) is 7.51. The minimum atomic E-state index is -3.40. The molecule has 5 heteroatoms. The lowest BCUT2D eigenvalue weighted by atomic mass is 10.1. The van der Waals surface area contributed by atoms with E-state index in [1.165, 1.54) is 0 Å². The van der Waals surface area contributed by atoms with Crippen LogP contribution in [0.4, 0.5) is 0 Å². The van der Waals surface area contributed by atoms with Gasteiger partial charge in [-0.25, -0.2) is 13.1 Å². The Morgan fingerprint density at radius 1 is 1.33 bits per heavy atom. The van der Waals surface area contributed by atoms with Gasteiger partial charge in [0.1, 0.15) is 0 Å². The molecule has 2 rings (SSSR count). The minimum absolute atomic E-state index is 0.283. The van der Waals surface area contributed by atoms with Crippen molar-refractivity contribution in [1.29, 1.82) is 0 Å². The Morgan fingerprint density at radius 2 is 2.00 bits per heavy atom. The molecule has 1 aliphatic carbocycles. The predicted molar refractivity (Wildman–Crippen MR) is 85.5 cm³/mol. The van der Waals surface area contributed by atoms with Crippen molar-refractivity contribution >= 4 is 10.0 Å². The molecule has 0 heterocycles. The molecule has 118 valence electrons. The summed E-state index contributed by atoms with van der Waals surface area (Å²) in [5.41, 5.74) is 1.27. The Balaban J connectivity index is 2.00. The molecule has 1 unspecified atom stereocenters. The van der Waals surface area contributed by atoms with Crippen molar-refractivity contribution in [2.45, 2.75) is 51.6 Å². The van der Waals surface area contributed by atoms with Crippen molar-refractivity contribution in [2.24, 2.45) is 11.3 Å². The molecule has 21 heavy (non-hydrogen) atoms.